The zero-order chi connectivity index (χ0) is 15.1. The van der Waals surface area contributed by atoms with Gasteiger partial charge in [-0.05, 0) is 38.4 Å². The van der Waals surface area contributed by atoms with Crippen molar-refractivity contribution in [3.05, 3.63) is 35.9 Å². The molecule has 0 aromatic heterocycles. The lowest BCUT2D eigenvalue weighted by atomic mass is 9.82. The van der Waals surface area contributed by atoms with Crippen LogP contribution in [0.5, 0.6) is 0 Å². The summed E-state index contributed by atoms with van der Waals surface area (Å²) in [5, 5.41) is 19.1. The molecule has 1 atom stereocenters. The minimum absolute atomic E-state index is 0.189. The summed E-state index contributed by atoms with van der Waals surface area (Å²) >= 11 is 0. The van der Waals surface area contributed by atoms with Gasteiger partial charge in [0, 0.05) is 6.54 Å². The van der Waals surface area contributed by atoms with Gasteiger partial charge in [-0.2, -0.15) is 5.26 Å². The zero-order valence-corrected chi connectivity index (χ0v) is 12.7. The lowest BCUT2D eigenvalue weighted by molar-refractivity contribution is 0.00239. The Hall–Kier alpha value is -1.41. The van der Waals surface area contributed by atoms with Gasteiger partial charge >= 0.3 is 0 Å². The largest absolute Gasteiger partial charge is 0.389 e. The van der Waals surface area contributed by atoms with E-state index in [0.717, 1.165) is 31.5 Å². The average molecular weight is 288 g/mol. The number of benzene rings is 1. The molecule has 1 aromatic carbocycles. The van der Waals surface area contributed by atoms with Crippen molar-refractivity contribution in [2.24, 2.45) is 5.41 Å². The quantitative estimate of drug-likeness (QED) is 0.872. The van der Waals surface area contributed by atoms with E-state index in [-0.39, 0.29) is 5.41 Å². The van der Waals surface area contributed by atoms with Crippen LogP contribution in [-0.2, 0) is 11.3 Å². The standard InChI is InChI=1S/C17H24N2O2/c1-17(14-18)7-9-19(10-8-17)11-16(20)13-21-12-15-5-3-2-4-6-15/h2-6,16,20H,7-13H2,1H3. The molecule has 4 heteroatoms. The van der Waals surface area contributed by atoms with Crippen molar-refractivity contribution in [3.8, 4) is 6.07 Å². The van der Waals surface area contributed by atoms with Crippen LogP contribution in [-0.4, -0.2) is 42.4 Å². The number of nitriles is 1. The molecule has 4 nitrogen and oxygen atoms in total. The predicted molar refractivity (Wildman–Crippen MR) is 81.5 cm³/mol. The molecule has 0 amide bonds. The molecule has 0 bridgehead atoms. The Bertz CT molecular complexity index is 461. The number of nitrogens with zero attached hydrogens (tertiary/aromatic N) is 2. The first kappa shape index (κ1) is 16.0. The Morgan fingerprint density at radius 3 is 2.62 bits per heavy atom. The van der Waals surface area contributed by atoms with Crippen LogP contribution in [0, 0.1) is 16.7 Å². The van der Waals surface area contributed by atoms with Crippen LogP contribution < -0.4 is 0 Å². The summed E-state index contributed by atoms with van der Waals surface area (Å²) in [5.74, 6) is 0. The Morgan fingerprint density at radius 1 is 1.33 bits per heavy atom. The minimum atomic E-state index is -0.472. The van der Waals surface area contributed by atoms with Gasteiger partial charge in [-0.1, -0.05) is 30.3 Å². The molecule has 1 aliphatic heterocycles. The fourth-order valence-electron chi connectivity index (χ4n) is 2.58. The molecule has 0 radical (unpaired) electrons. The number of ether oxygens (including phenoxy) is 1. The average Bonchev–Trinajstić information content (AvgIpc) is 2.51. The lowest BCUT2D eigenvalue weighted by Gasteiger charge is -2.35. The summed E-state index contributed by atoms with van der Waals surface area (Å²) in [7, 11) is 0. The Labute approximate surface area is 127 Å². The van der Waals surface area contributed by atoms with Crippen molar-refractivity contribution < 1.29 is 9.84 Å². The number of rotatable bonds is 6. The van der Waals surface area contributed by atoms with E-state index in [1.165, 1.54) is 0 Å². The molecule has 2 rings (SSSR count). The number of aliphatic hydroxyl groups excluding tert-OH is 1. The maximum atomic E-state index is 10.0. The van der Waals surface area contributed by atoms with Crippen molar-refractivity contribution in [3.63, 3.8) is 0 Å². The number of piperidine rings is 1. The summed E-state index contributed by atoms with van der Waals surface area (Å²) in [4.78, 5) is 2.22. The number of hydrogen-bond acceptors (Lipinski definition) is 4. The highest BCUT2D eigenvalue weighted by Gasteiger charge is 2.30. The van der Waals surface area contributed by atoms with Crippen molar-refractivity contribution in [1.29, 1.82) is 5.26 Å². The number of likely N-dealkylation sites (tertiary alicyclic amines) is 1. The molecule has 0 spiro atoms. The van der Waals surface area contributed by atoms with Crippen molar-refractivity contribution in [2.75, 3.05) is 26.2 Å². The third-order valence-corrected chi connectivity index (χ3v) is 4.12. The SMILES string of the molecule is CC1(C#N)CCN(CC(O)COCc2ccccc2)CC1. The van der Waals surface area contributed by atoms with E-state index < -0.39 is 6.10 Å². The Morgan fingerprint density at radius 2 is 2.00 bits per heavy atom. The van der Waals surface area contributed by atoms with E-state index >= 15 is 0 Å². The van der Waals surface area contributed by atoms with Crippen LogP contribution in [0.3, 0.4) is 0 Å². The van der Waals surface area contributed by atoms with Gasteiger partial charge in [0.2, 0.25) is 0 Å². The van der Waals surface area contributed by atoms with Gasteiger partial charge < -0.3 is 14.7 Å². The van der Waals surface area contributed by atoms with E-state index in [0.29, 0.717) is 19.8 Å². The summed E-state index contributed by atoms with van der Waals surface area (Å²) in [5.41, 5.74) is 0.929. The van der Waals surface area contributed by atoms with Crippen molar-refractivity contribution in [2.45, 2.75) is 32.5 Å². The van der Waals surface area contributed by atoms with Crippen LogP contribution in [0.4, 0.5) is 0 Å². The van der Waals surface area contributed by atoms with Gasteiger partial charge in [0.15, 0.2) is 0 Å². The van der Waals surface area contributed by atoms with Crippen LogP contribution in [0.2, 0.25) is 0 Å². The van der Waals surface area contributed by atoms with Gasteiger partial charge in [-0.25, -0.2) is 0 Å². The number of aliphatic hydroxyl groups is 1. The maximum Gasteiger partial charge on any atom is 0.0900 e. The normalized spacial score (nSPS) is 19.9. The van der Waals surface area contributed by atoms with Gasteiger partial charge in [-0.15, -0.1) is 0 Å². The second kappa shape index (κ2) is 7.56. The molecule has 1 unspecified atom stereocenters. The zero-order valence-electron chi connectivity index (χ0n) is 12.7. The fourth-order valence-corrected chi connectivity index (χ4v) is 2.58. The second-order valence-electron chi connectivity index (χ2n) is 6.13. The van der Waals surface area contributed by atoms with E-state index in [1.54, 1.807) is 0 Å². The molecule has 21 heavy (non-hydrogen) atoms. The molecule has 114 valence electrons. The highest BCUT2D eigenvalue weighted by molar-refractivity contribution is 5.13. The first-order valence-corrected chi connectivity index (χ1v) is 7.55. The first-order chi connectivity index (χ1) is 10.1. The van der Waals surface area contributed by atoms with E-state index in [4.69, 9.17) is 10.00 Å². The van der Waals surface area contributed by atoms with E-state index in [9.17, 15) is 5.11 Å². The molecule has 1 fully saturated rings. The van der Waals surface area contributed by atoms with Gasteiger partial charge in [0.25, 0.3) is 0 Å². The van der Waals surface area contributed by atoms with Gasteiger partial charge in [0.05, 0.1) is 30.8 Å². The van der Waals surface area contributed by atoms with Crippen LogP contribution in [0.15, 0.2) is 30.3 Å². The summed E-state index contributed by atoms with van der Waals surface area (Å²) in [6.45, 7) is 5.27. The molecule has 1 saturated heterocycles. The third kappa shape index (κ3) is 5.13. The Kier molecular flexibility index (Phi) is 5.75. The molecule has 0 saturated carbocycles. The third-order valence-electron chi connectivity index (χ3n) is 4.12. The number of hydrogen-bond donors (Lipinski definition) is 1. The Balaban J connectivity index is 1.64. The van der Waals surface area contributed by atoms with E-state index in [1.807, 2.05) is 37.3 Å². The molecular weight excluding hydrogens is 264 g/mol. The molecule has 1 aromatic rings. The molecule has 0 aliphatic carbocycles. The highest BCUT2D eigenvalue weighted by atomic mass is 16.5. The van der Waals surface area contributed by atoms with Gasteiger partial charge in [-0.3, -0.25) is 0 Å². The van der Waals surface area contributed by atoms with Crippen molar-refractivity contribution >= 4 is 0 Å². The monoisotopic (exact) mass is 288 g/mol. The molecular formula is C17H24N2O2. The topological polar surface area (TPSA) is 56.5 Å². The van der Waals surface area contributed by atoms with Gasteiger partial charge in [0.1, 0.15) is 0 Å². The van der Waals surface area contributed by atoms with Crippen LogP contribution >= 0.6 is 0 Å². The lowest BCUT2D eigenvalue weighted by Crippen LogP contribution is -2.42. The summed E-state index contributed by atoms with van der Waals surface area (Å²) in [6, 6.07) is 12.4. The van der Waals surface area contributed by atoms with Crippen molar-refractivity contribution in [1.82, 2.24) is 4.90 Å². The summed E-state index contributed by atoms with van der Waals surface area (Å²) < 4.78 is 5.56. The molecule has 1 N–H and O–H groups in total. The summed E-state index contributed by atoms with van der Waals surface area (Å²) in [6.07, 6.45) is 1.28. The molecule has 1 aliphatic rings. The van der Waals surface area contributed by atoms with Crippen LogP contribution in [0.25, 0.3) is 0 Å². The maximum absolute atomic E-state index is 10.0. The van der Waals surface area contributed by atoms with Crippen LogP contribution in [0.1, 0.15) is 25.3 Å². The minimum Gasteiger partial charge on any atom is -0.389 e. The second-order valence-corrected chi connectivity index (χ2v) is 6.13. The number of β-amino-alcohol motifs (C(OH)–C–C–N with tert-alkyl or cyclic N) is 1. The van der Waals surface area contributed by atoms with E-state index in [2.05, 4.69) is 11.0 Å². The smallest absolute Gasteiger partial charge is 0.0900 e. The predicted octanol–water partition coefficient (Wildman–Crippen LogP) is 2.19. The fraction of sp³-hybridized carbons (Fsp3) is 0.588. The first-order valence-electron chi connectivity index (χ1n) is 7.55. The highest BCUT2D eigenvalue weighted by Crippen LogP contribution is 2.29. The molecule has 1 heterocycles.